The molecule has 1 amide bonds. The summed E-state index contributed by atoms with van der Waals surface area (Å²) >= 11 is 3.34. The molecule has 0 radical (unpaired) electrons. The second-order valence-corrected chi connectivity index (χ2v) is 4.51. The maximum atomic E-state index is 11.8. The van der Waals surface area contributed by atoms with Crippen molar-refractivity contribution in [3.8, 4) is 0 Å². The third-order valence-electron chi connectivity index (χ3n) is 2.47. The first-order valence-electron chi connectivity index (χ1n) is 4.88. The summed E-state index contributed by atoms with van der Waals surface area (Å²) in [4.78, 5) is 15.7. The lowest BCUT2D eigenvalue weighted by molar-refractivity contribution is -0.131. The molecule has 0 N–H and O–H groups in total. The van der Waals surface area contributed by atoms with Gasteiger partial charge in [-0.1, -0.05) is 22.5 Å². The molecule has 0 aromatic heterocycles. The van der Waals surface area contributed by atoms with Crippen molar-refractivity contribution in [2.45, 2.75) is 19.9 Å². The summed E-state index contributed by atoms with van der Waals surface area (Å²) in [6.45, 7) is 10.5. The first-order chi connectivity index (χ1) is 6.57. The van der Waals surface area contributed by atoms with Gasteiger partial charge in [0.25, 0.3) is 5.91 Å². The van der Waals surface area contributed by atoms with E-state index in [1.54, 1.807) is 0 Å². The van der Waals surface area contributed by atoms with Crippen LogP contribution in [0.4, 0.5) is 0 Å². The quantitative estimate of drug-likeness (QED) is 0.567. The zero-order valence-corrected chi connectivity index (χ0v) is 10.4. The molecule has 0 atom stereocenters. The maximum Gasteiger partial charge on any atom is 0.269 e. The van der Waals surface area contributed by atoms with Crippen LogP contribution < -0.4 is 0 Å². The minimum atomic E-state index is 0.0735. The summed E-state index contributed by atoms with van der Waals surface area (Å²) in [5.74, 6) is 0.0735. The summed E-state index contributed by atoms with van der Waals surface area (Å²) in [6, 6.07) is 0.359. The lowest BCUT2D eigenvalue weighted by atomic mass is 10.2. The third-order valence-corrected chi connectivity index (χ3v) is 2.82. The Kier molecular flexibility index (Phi) is 3.98. The van der Waals surface area contributed by atoms with E-state index in [2.05, 4.69) is 41.3 Å². The largest absolute Gasteiger partial charge is 0.363 e. The molecule has 0 aliphatic carbocycles. The van der Waals surface area contributed by atoms with Gasteiger partial charge in [-0.25, -0.2) is 0 Å². The second-order valence-electron chi connectivity index (χ2n) is 3.72. The number of alkyl halides is 1. The van der Waals surface area contributed by atoms with Crippen LogP contribution in [0.3, 0.4) is 0 Å². The molecule has 0 spiro atoms. The Morgan fingerprint density at radius 2 is 2.14 bits per heavy atom. The monoisotopic (exact) mass is 260 g/mol. The van der Waals surface area contributed by atoms with E-state index < -0.39 is 0 Å². The van der Waals surface area contributed by atoms with E-state index in [0.717, 1.165) is 25.0 Å². The molecule has 0 bridgehead atoms. The number of hydrogen-bond acceptors (Lipinski definition) is 2. The Bertz CT molecular complexity index is 240. The van der Waals surface area contributed by atoms with Crippen LogP contribution in [-0.4, -0.2) is 46.7 Å². The van der Waals surface area contributed by atoms with Gasteiger partial charge in [0.05, 0.1) is 5.70 Å². The van der Waals surface area contributed by atoms with Crippen LogP contribution in [0.15, 0.2) is 12.3 Å². The average molecular weight is 261 g/mol. The molecule has 1 saturated heterocycles. The second kappa shape index (κ2) is 4.82. The zero-order chi connectivity index (χ0) is 10.7. The first-order valence-corrected chi connectivity index (χ1v) is 6.01. The number of carbonyl (C=O) groups excluding carboxylic acids is 1. The van der Waals surface area contributed by atoms with Gasteiger partial charge in [0.1, 0.15) is 0 Å². The highest BCUT2D eigenvalue weighted by atomic mass is 79.9. The molecule has 0 saturated carbocycles. The van der Waals surface area contributed by atoms with Gasteiger partial charge in [0.2, 0.25) is 0 Å². The highest BCUT2D eigenvalue weighted by Gasteiger charge is 2.27. The van der Waals surface area contributed by atoms with Crippen molar-refractivity contribution in [3.63, 3.8) is 0 Å². The Morgan fingerprint density at radius 1 is 1.50 bits per heavy atom. The molecule has 0 aromatic carbocycles. The average Bonchev–Trinajstić information content (AvgIpc) is 2.13. The van der Waals surface area contributed by atoms with Gasteiger partial charge in [-0.3, -0.25) is 4.79 Å². The van der Waals surface area contributed by atoms with E-state index >= 15 is 0 Å². The highest BCUT2D eigenvalue weighted by molar-refractivity contribution is 9.09. The van der Waals surface area contributed by atoms with Crippen molar-refractivity contribution in [1.82, 2.24) is 9.80 Å². The molecule has 4 heteroatoms. The van der Waals surface area contributed by atoms with Gasteiger partial charge in [-0.15, -0.1) is 0 Å². The molecule has 80 valence electrons. The molecule has 14 heavy (non-hydrogen) atoms. The Balaban J connectivity index is 2.65. The molecule has 1 heterocycles. The normalized spacial score (nSPS) is 18.3. The number of halogens is 1. The number of nitrogens with zero attached hydrogens (tertiary/aromatic N) is 2. The van der Waals surface area contributed by atoms with E-state index in [-0.39, 0.29) is 5.91 Å². The highest BCUT2D eigenvalue weighted by Crippen LogP contribution is 2.16. The topological polar surface area (TPSA) is 23.6 Å². The van der Waals surface area contributed by atoms with Crippen molar-refractivity contribution in [2.75, 3.05) is 25.0 Å². The Hall–Kier alpha value is -0.510. The lowest BCUT2D eigenvalue weighted by Gasteiger charge is -2.39. The molecule has 1 fully saturated rings. The van der Waals surface area contributed by atoms with Gasteiger partial charge >= 0.3 is 0 Å². The molecule has 1 rings (SSSR count). The standard InChI is InChI=1S/C10H17BrN2O/c1-8(2)13-7-6-12(5-4-11)10(14)9(13)3/h8H,3-7H2,1-2H3. The Labute approximate surface area is 93.9 Å². The summed E-state index contributed by atoms with van der Waals surface area (Å²) in [7, 11) is 0. The van der Waals surface area contributed by atoms with E-state index in [9.17, 15) is 4.79 Å². The van der Waals surface area contributed by atoms with Crippen molar-refractivity contribution in [3.05, 3.63) is 12.3 Å². The lowest BCUT2D eigenvalue weighted by Crippen LogP contribution is -2.50. The molecule has 1 aliphatic heterocycles. The number of carbonyl (C=O) groups is 1. The smallest absolute Gasteiger partial charge is 0.269 e. The molecule has 3 nitrogen and oxygen atoms in total. The molecule has 1 aliphatic rings. The van der Waals surface area contributed by atoms with Crippen molar-refractivity contribution in [1.29, 1.82) is 0 Å². The minimum Gasteiger partial charge on any atom is -0.363 e. The first kappa shape index (κ1) is 11.6. The van der Waals surface area contributed by atoms with Crippen molar-refractivity contribution < 1.29 is 4.79 Å². The van der Waals surface area contributed by atoms with Gasteiger partial charge in [0.15, 0.2) is 0 Å². The van der Waals surface area contributed by atoms with Crippen LogP contribution in [0.5, 0.6) is 0 Å². The fraction of sp³-hybridized carbons (Fsp3) is 0.700. The van der Waals surface area contributed by atoms with Gasteiger partial charge in [-0.05, 0) is 13.8 Å². The van der Waals surface area contributed by atoms with E-state index in [1.165, 1.54) is 0 Å². The number of rotatable bonds is 3. The predicted octanol–water partition coefficient (Wildman–Crippen LogP) is 1.45. The maximum absolute atomic E-state index is 11.8. The van der Waals surface area contributed by atoms with E-state index in [1.807, 2.05) is 4.90 Å². The number of piperazine rings is 1. The fourth-order valence-corrected chi connectivity index (χ4v) is 2.08. The SMILES string of the molecule is C=C1C(=O)N(CCBr)CCN1C(C)C. The minimum absolute atomic E-state index is 0.0735. The van der Waals surface area contributed by atoms with E-state index in [0.29, 0.717) is 11.7 Å². The van der Waals surface area contributed by atoms with E-state index in [4.69, 9.17) is 0 Å². The third kappa shape index (κ3) is 2.29. The van der Waals surface area contributed by atoms with Crippen LogP contribution in [0.1, 0.15) is 13.8 Å². The molecular weight excluding hydrogens is 244 g/mol. The predicted molar refractivity (Wildman–Crippen MR) is 61.4 cm³/mol. The summed E-state index contributed by atoms with van der Waals surface area (Å²) < 4.78 is 0. The van der Waals surface area contributed by atoms with Crippen LogP contribution in [0.25, 0.3) is 0 Å². The van der Waals surface area contributed by atoms with Crippen molar-refractivity contribution >= 4 is 21.8 Å². The zero-order valence-electron chi connectivity index (χ0n) is 8.79. The van der Waals surface area contributed by atoms with Gasteiger partial charge < -0.3 is 9.80 Å². The summed E-state index contributed by atoms with van der Waals surface area (Å²) in [5, 5.41) is 0.827. The molecule has 0 aromatic rings. The van der Waals surface area contributed by atoms with Gasteiger partial charge in [0, 0.05) is 31.0 Å². The molecule has 0 unspecified atom stereocenters. The number of amides is 1. The molecular formula is C10H17BrN2O. The Morgan fingerprint density at radius 3 is 2.64 bits per heavy atom. The van der Waals surface area contributed by atoms with Crippen molar-refractivity contribution in [2.24, 2.45) is 0 Å². The fourth-order valence-electron chi connectivity index (χ4n) is 1.66. The van der Waals surface area contributed by atoms with Gasteiger partial charge in [-0.2, -0.15) is 0 Å². The van der Waals surface area contributed by atoms with Crippen LogP contribution in [0, 0.1) is 0 Å². The van der Waals surface area contributed by atoms with Crippen LogP contribution in [0.2, 0.25) is 0 Å². The number of hydrogen-bond donors (Lipinski definition) is 0. The van der Waals surface area contributed by atoms with Crippen LogP contribution in [-0.2, 0) is 4.79 Å². The van der Waals surface area contributed by atoms with Crippen LogP contribution >= 0.6 is 15.9 Å². The summed E-state index contributed by atoms with van der Waals surface area (Å²) in [6.07, 6.45) is 0. The summed E-state index contributed by atoms with van der Waals surface area (Å²) in [5.41, 5.74) is 0.632.